The number of halogens is 1. The number of aromatic nitrogens is 1. The molecular weight excluding hydrogens is 307 g/mol. The largest absolute Gasteiger partial charge is 0.440 e. The molecule has 0 atom stereocenters. The van der Waals surface area contributed by atoms with Crippen molar-refractivity contribution in [3.8, 4) is 10.8 Å². The van der Waals surface area contributed by atoms with E-state index in [0.29, 0.717) is 22.2 Å². The number of hydrogen-bond acceptors (Lipinski definition) is 5. The molecule has 0 unspecified atom stereocenters. The summed E-state index contributed by atoms with van der Waals surface area (Å²) in [5, 5.41) is 1.98. The van der Waals surface area contributed by atoms with Crippen molar-refractivity contribution in [1.82, 2.24) is 4.98 Å². The Morgan fingerprint density at radius 3 is 2.95 bits per heavy atom. The lowest BCUT2D eigenvalue weighted by Crippen LogP contribution is -1.89. The molecule has 0 spiro atoms. The maximum absolute atomic E-state index is 13.7. The highest BCUT2D eigenvalue weighted by molar-refractivity contribution is 7.98. The molecule has 21 heavy (non-hydrogen) atoms. The van der Waals surface area contributed by atoms with Gasteiger partial charge in [-0.1, -0.05) is 6.07 Å². The first-order valence-corrected chi connectivity index (χ1v) is 8.18. The molecule has 0 fully saturated rings. The zero-order valence-electron chi connectivity index (χ0n) is 11.3. The zero-order valence-corrected chi connectivity index (χ0v) is 12.9. The van der Waals surface area contributed by atoms with Crippen LogP contribution < -0.4 is 5.73 Å². The van der Waals surface area contributed by atoms with Gasteiger partial charge < -0.3 is 10.2 Å². The summed E-state index contributed by atoms with van der Waals surface area (Å²) in [6.07, 6.45) is 0. The van der Waals surface area contributed by atoms with Gasteiger partial charge in [0.2, 0.25) is 5.89 Å². The van der Waals surface area contributed by atoms with E-state index in [0.717, 1.165) is 16.3 Å². The molecule has 3 nitrogen and oxygen atoms in total. The zero-order chi connectivity index (χ0) is 14.8. The summed E-state index contributed by atoms with van der Waals surface area (Å²) in [6, 6.07) is 8.63. The van der Waals surface area contributed by atoms with Crippen LogP contribution in [0.15, 0.2) is 45.0 Å². The Bertz CT molecular complexity index is 753. The summed E-state index contributed by atoms with van der Waals surface area (Å²) < 4.78 is 19.4. The van der Waals surface area contributed by atoms with Crippen LogP contribution in [0.3, 0.4) is 0 Å². The number of oxazole rings is 1. The average molecular weight is 320 g/mol. The van der Waals surface area contributed by atoms with Crippen molar-refractivity contribution in [2.75, 3.05) is 5.73 Å². The Labute approximate surface area is 130 Å². The SMILES string of the molecule is Cc1oc(-c2cccs2)nc1CSc1ccc(N)cc1F. The smallest absolute Gasteiger partial charge is 0.236 e. The van der Waals surface area contributed by atoms with Gasteiger partial charge in [0, 0.05) is 16.3 Å². The minimum Gasteiger partial charge on any atom is -0.440 e. The summed E-state index contributed by atoms with van der Waals surface area (Å²) in [5.74, 6) is 1.64. The minimum absolute atomic E-state index is 0.306. The first-order valence-electron chi connectivity index (χ1n) is 6.31. The molecule has 0 saturated carbocycles. The monoisotopic (exact) mass is 320 g/mol. The quantitative estimate of drug-likeness (QED) is 0.558. The molecule has 1 aromatic carbocycles. The van der Waals surface area contributed by atoms with Gasteiger partial charge in [-0.15, -0.1) is 23.1 Å². The van der Waals surface area contributed by atoms with Crippen LogP contribution >= 0.6 is 23.1 Å². The first-order chi connectivity index (χ1) is 10.1. The molecule has 0 amide bonds. The lowest BCUT2D eigenvalue weighted by atomic mass is 10.3. The third-order valence-corrected chi connectivity index (χ3v) is 4.86. The highest BCUT2D eigenvalue weighted by atomic mass is 32.2. The number of thiophene rings is 1. The summed E-state index contributed by atoms with van der Waals surface area (Å²) in [5.41, 5.74) is 6.80. The number of benzene rings is 1. The second-order valence-electron chi connectivity index (χ2n) is 4.48. The van der Waals surface area contributed by atoms with Gasteiger partial charge in [0.05, 0.1) is 10.6 Å². The summed E-state index contributed by atoms with van der Waals surface area (Å²) in [6.45, 7) is 1.87. The number of hydrogen-bond donors (Lipinski definition) is 1. The lowest BCUT2D eigenvalue weighted by Gasteiger charge is -2.02. The fraction of sp³-hybridized carbons (Fsp3) is 0.133. The molecule has 2 heterocycles. The number of nitrogens with two attached hydrogens (primary N) is 1. The van der Waals surface area contributed by atoms with Crippen LogP contribution in [0.4, 0.5) is 10.1 Å². The molecule has 0 aliphatic carbocycles. The Morgan fingerprint density at radius 1 is 1.38 bits per heavy atom. The van der Waals surface area contributed by atoms with Crippen molar-refractivity contribution < 1.29 is 8.81 Å². The van der Waals surface area contributed by atoms with Gasteiger partial charge in [0.1, 0.15) is 11.6 Å². The molecule has 6 heteroatoms. The molecule has 2 N–H and O–H groups in total. The number of nitrogens with zero attached hydrogens (tertiary/aromatic N) is 1. The van der Waals surface area contributed by atoms with Crippen molar-refractivity contribution in [3.63, 3.8) is 0 Å². The maximum atomic E-state index is 13.7. The lowest BCUT2D eigenvalue weighted by molar-refractivity contribution is 0.542. The fourth-order valence-electron chi connectivity index (χ4n) is 1.85. The first kappa shape index (κ1) is 14.2. The van der Waals surface area contributed by atoms with E-state index in [4.69, 9.17) is 10.2 Å². The highest BCUT2D eigenvalue weighted by Crippen LogP contribution is 2.30. The fourth-order valence-corrected chi connectivity index (χ4v) is 3.42. The predicted octanol–water partition coefficient (Wildman–Crippen LogP) is 4.73. The molecule has 0 aliphatic rings. The summed E-state index contributed by atoms with van der Waals surface area (Å²) in [4.78, 5) is 6.04. The molecule has 2 aromatic heterocycles. The van der Waals surface area contributed by atoms with Gasteiger partial charge in [0.15, 0.2) is 0 Å². The molecule has 108 valence electrons. The van der Waals surface area contributed by atoms with Crippen LogP contribution in [0.1, 0.15) is 11.5 Å². The van der Waals surface area contributed by atoms with E-state index in [9.17, 15) is 4.39 Å². The van der Waals surface area contributed by atoms with Gasteiger partial charge in [-0.3, -0.25) is 0 Å². The van der Waals surface area contributed by atoms with E-state index in [-0.39, 0.29) is 5.82 Å². The van der Waals surface area contributed by atoms with Crippen molar-refractivity contribution in [1.29, 1.82) is 0 Å². The Kier molecular flexibility index (Phi) is 3.98. The normalized spacial score (nSPS) is 11.0. The van der Waals surface area contributed by atoms with Gasteiger partial charge in [-0.05, 0) is 36.6 Å². The maximum Gasteiger partial charge on any atom is 0.236 e. The summed E-state index contributed by atoms with van der Waals surface area (Å²) >= 11 is 2.96. The second-order valence-corrected chi connectivity index (χ2v) is 6.44. The van der Waals surface area contributed by atoms with Gasteiger partial charge in [0.25, 0.3) is 0 Å². The topological polar surface area (TPSA) is 52.0 Å². The van der Waals surface area contributed by atoms with Crippen LogP contribution in [0.25, 0.3) is 10.8 Å². The van der Waals surface area contributed by atoms with E-state index in [2.05, 4.69) is 4.98 Å². The predicted molar refractivity (Wildman–Crippen MR) is 84.9 cm³/mol. The van der Waals surface area contributed by atoms with Crippen molar-refractivity contribution in [2.45, 2.75) is 17.6 Å². The van der Waals surface area contributed by atoms with E-state index in [1.54, 1.807) is 23.5 Å². The highest BCUT2D eigenvalue weighted by Gasteiger charge is 2.13. The molecule has 3 aromatic rings. The van der Waals surface area contributed by atoms with E-state index in [1.807, 2.05) is 24.4 Å². The van der Waals surface area contributed by atoms with Crippen LogP contribution in [-0.2, 0) is 5.75 Å². The van der Waals surface area contributed by atoms with E-state index in [1.165, 1.54) is 17.8 Å². The Balaban J connectivity index is 1.76. The molecule has 3 rings (SSSR count). The van der Waals surface area contributed by atoms with E-state index < -0.39 is 0 Å². The van der Waals surface area contributed by atoms with Crippen molar-refractivity contribution in [3.05, 3.63) is 53.0 Å². The minimum atomic E-state index is -0.306. The van der Waals surface area contributed by atoms with Gasteiger partial charge >= 0.3 is 0 Å². The molecule has 0 aliphatic heterocycles. The number of thioether (sulfide) groups is 1. The third kappa shape index (κ3) is 3.11. The number of rotatable bonds is 4. The Hall–Kier alpha value is -1.79. The molecule has 0 saturated heterocycles. The van der Waals surface area contributed by atoms with Crippen LogP contribution in [0.2, 0.25) is 0 Å². The molecular formula is C15H13FN2OS2. The molecule has 0 bridgehead atoms. The van der Waals surface area contributed by atoms with Gasteiger partial charge in [-0.25, -0.2) is 9.37 Å². The number of anilines is 1. The number of nitrogen functional groups attached to an aromatic ring is 1. The third-order valence-electron chi connectivity index (χ3n) is 2.94. The van der Waals surface area contributed by atoms with Crippen molar-refractivity contribution >= 4 is 28.8 Å². The van der Waals surface area contributed by atoms with E-state index >= 15 is 0 Å². The van der Waals surface area contributed by atoms with Crippen LogP contribution in [0.5, 0.6) is 0 Å². The van der Waals surface area contributed by atoms with Crippen molar-refractivity contribution in [2.24, 2.45) is 0 Å². The number of aryl methyl sites for hydroxylation is 1. The second kappa shape index (κ2) is 5.91. The average Bonchev–Trinajstić information content (AvgIpc) is 3.07. The molecule has 0 radical (unpaired) electrons. The van der Waals surface area contributed by atoms with Gasteiger partial charge in [-0.2, -0.15) is 0 Å². The van der Waals surface area contributed by atoms with Crippen LogP contribution in [0, 0.1) is 12.7 Å². The Morgan fingerprint density at radius 2 is 2.24 bits per heavy atom. The standard InChI is InChI=1S/C15H13FN2OS2/c1-9-12(18-15(19-9)14-3-2-6-20-14)8-21-13-5-4-10(17)7-11(13)16/h2-7H,8,17H2,1H3. The summed E-state index contributed by atoms with van der Waals surface area (Å²) in [7, 11) is 0. The van der Waals surface area contributed by atoms with Crippen LogP contribution in [-0.4, -0.2) is 4.98 Å².